The van der Waals surface area contributed by atoms with Crippen LogP contribution in [0.25, 0.3) is 60.6 Å². The number of aryl methyl sites for hydroxylation is 2. The maximum absolute atomic E-state index is 7.28. The molecule has 0 bridgehead atoms. The third-order valence-electron chi connectivity index (χ3n) is 8.09. The van der Waals surface area contributed by atoms with Crippen LogP contribution in [-0.4, -0.2) is 14.5 Å². The van der Waals surface area contributed by atoms with Crippen molar-refractivity contribution < 1.29 is 28.3 Å². The summed E-state index contributed by atoms with van der Waals surface area (Å²) in [7, 11) is 0. The molecule has 0 aliphatic carbocycles. The second-order valence-electron chi connectivity index (χ2n) is 12.1. The van der Waals surface area contributed by atoms with Crippen LogP contribution in [0.1, 0.15) is 38.8 Å². The number of fused-ring (bicyclic) bond motifs is 2. The summed E-state index contributed by atoms with van der Waals surface area (Å²) in [5, 5.41) is 4.81. The minimum absolute atomic E-state index is 0. The van der Waals surface area contributed by atoms with E-state index in [2.05, 4.69) is 132 Å². The molecular weight excluding hydrogens is 795 g/mol. The Bertz CT molecular complexity index is 2450. The van der Waals surface area contributed by atoms with Crippen LogP contribution in [-0.2, 0) is 26.5 Å². The quantitative estimate of drug-likeness (QED) is 0.156. The number of imidazole rings is 1. The molecule has 245 valence electrons. The molecule has 3 heterocycles. The molecule has 0 unspecified atom stereocenters. The molecule has 0 saturated carbocycles. The Hall–Kier alpha value is -4.67. The number of thiophene rings is 1. The van der Waals surface area contributed by atoms with Gasteiger partial charge >= 0.3 is 0 Å². The van der Waals surface area contributed by atoms with Crippen LogP contribution in [0.15, 0.2) is 134 Å². The largest absolute Gasteiger partial charge is 0.333 e. The summed E-state index contributed by atoms with van der Waals surface area (Å²) >= 11 is 1.67. The summed E-state index contributed by atoms with van der Waals surface area (Å²) in [4.78, 5) is 9.17. The van der Waals surface area contributed by atoms with Crippen molar-refractivity contribution in [1.82, 2.24) is 14.5 Å². The predicted molar refractivity (Wildman–Crippen MR) is 203 cm³/mol. The molecule has 3 nitrogen and oxygen atoms in total. The van der Waals surface area contributed by atoms with E-state index in [0.29, 0.717) is 17.2 Å². The minimum Gasteiger partial charge on any atom is -0.333 e. The number of pyridine rings is 1. The molecule has 0 spiro atoms. The average Bonchev–Trinajstić information content (AvgIpc) is 3.76. The Balaban J connectivity index is 0.000000211. The van der Waals surface area contributed by atoms with E-state index in [1.165, 1.54) is 51.2 Å². The van der Waals surface area contributed by atoms with Crippen LogP contribution < -0.4 is 0 Å². The summed E-state index contributed by atoms with van der Waals surface area (Å²) in [6.45, 7) is 0.195. The minimum atomic E-state index is -2.18. The number of para-hydroxylation sites is 2. The number of nitrogens with zero attached hydrogens (tertiary/aromatic N) is 3. The van der Waals surface area contributed by atoms with Crippen LogP contribution in [0, 0.1) is 31.1 Å². The first kappa shape index (κ1) is 27.2. The van der Waals surface area contributed by atoms with Crippen molar-refractivity contribution in [1.29, 1.82) is 0 Å². The summed E-state index contributed by atoms with van der Waals surface area (Å²) in [6, 6.07) is 44.9. The molecule has 0 aliphatic rings. The van der Waals surface area contributed by atoms with E-state index in [1.807, 2.05) is 0 Å². The van der Waals surface area contributed by atoms with Crippen LogP contribution in [0.3, 0.4) is 0 Å². The average molecular weight is 838 g/mol. The number of rotatable bonds is 6. The molecule has 49 heavy (non-hydrogen) atoms. The zero-order valence-electron chi connectivity index (χ0n) is 33.1. The van der Waals surface area contributed by atoms with Crippen molar-refractivity contribution in [2.75, 3.05) is 0 Å². The molecule has 0 aliphatic heterocycles. The molecule has 0 atom stereocenters. The molecule has 0 amide bonds. The van der Waals surface area contributed by atoms with Crippen LogP contribution in [0.2, 0.25) is 0 Å². The van der Waals surface area contributed by atoms with Gasteiger partial charge in [0.1, 0.15) is 0 Å². The van der Waals surface area contributed by atoms with E-state index >= 15 is 0 Å². The van der Waals surface area contributed by atoms with Gasteiger partial charge in [0.25, 0.3) is 0 Å². The van der Waals surface area contributed by atoms with Crippen LogP contribution >= 0.6 is 11.3 Å². The van der Waals surface area contributed by atoms with E-state index in [4.69, 9.17) is 13.2 Å². The first-order valence-electron chi connectivity index (χ1n) is 18.9. The molecule has 3 aromatic heterocycles. The molecular formula is C44H37IrN3S-2. The fraction of sp³-hybridized carbons (Fsp3) is 0.136. The van der Waals surface area contributed by atoms with Gasteiger partial charge in [0, 0.05) is 40.2 Å². The predicted octanol–water partition coefficient (Wildman–Crippen LogP) is 11.7. The van der Waals surface area contributed by atoms with E-state index in [9.17, 15) is 0 Å². The zero-order chi connectivity index (χ0) is 38.0. The second-order valence-corrected chi connectivity index (χ2v) is 13.0. The van der Waals surface area contributed by atoms with Gasteiger partial charge in [-0.15, -0.1) is 46.8 Å². The van der Waals surface area contributed by atoms with E-state index < -0.39 is 13.7 Å². The van der Waals surface area contributed by atoms with Gasteiger partial charge in [0.05, 0.1) is 16.9 Å². The molecule has 5 heteroatoms. The maximum Gasteiger partial charge on any atom is 0.0774 e. The zero-order valence-corrected chi connectivity index (χ0v) is 30.3. The van der Waals surface area contributed by atoms with E-state index in [-0.39, 0.29) is 31.2 Å². The van der Waals surface area contributed by atoms with Crippen LogP contribution in [0.5, 0.6) is 0 Å². The molecule has 8 rings (SSSR count). The molecule has 0 fully saturated rings. The SMILES string of the molecule is CC(C)Cc1ccc2s[c-]c(-c3nc4ccccc4n3-c3ccc(-c4ccccc4)cc3)c2c1.[2H]C([2H])([2H])c1c[c-]c(-c2ccc(C([2H])([2H])[2H])cn2)cc1.[Ir]. The van der Waals surface area contributed by atoms with E-state index in [1.54, 1.807) is 23.5 Å². The van der Waals surface area contributed by atoms with Crippen molar-refractivity contribution in [2.45, 2.75) is 34.0 Å². The monoisotopic (exact) mass is 838 g/mol. The van der Waals surface area contributed by atoms with Gasteiger partial charge in [-0.2, -0.15) is 0 Å². The van der Waals surface area contributed by atoms with Crippen molar-refractivity contribution in [2.24, 2.45) is 5.92 Å². The fourth-order valence-electron chi connectivity index (χ4n) is 5.81. The van der Waals surface area contributed by atoms with Gasteiger partial charge in [-0.1, -0.05) is 121 Å². The Labute approximate surface area is 315 Å². The van der Waals surface area contributed by atoms with Gasteiger partial charge in [0.15, 0.2) is 0 Å². The Morgan fingerprint density at radius 1 is 0.796 bits per heavy atom. The number of benzene rings is 5. The van der Waals surface area contributed by atoms with Crippen LogP contribution in [0.4, 0.5) is 0 Å². The summed E-state index contributed by atoms with van der Waals surface area (Å²) in [5.41, 5.74) is 9.63. The molecule has 0 N–H and O–H groups in total. The first-order chi connectivity index (χ1) is 25.8. The molecule has 0 saturated heterocycles. The Morgan fingerprint density at radius 3 is 2.27 bits per heavy atom. The smallest absolute Gasteiger partial charge is 0.0774 e. The maximum atomic E-state index is 7.28. The van der Waals surface area contributed by atoms with Crippen molar-refractivity contribution in [3.8, 4) is 39.5 Å². The third-order valence-corrected chi connectivity index (χ3v) is 8.97. The molecule has 5 aromatic carbocycles. The summed E-state index contributed by atoms with van der Waals surface area (Å²) < 4.78 is 47.2. The summed E-state index contributed by atoms with van der Waals surface area (Å²) in [5.74, 6) is 1.57. The number of hydrogen-bond donors (Lipinski definition) is 0. The van der Waals surface area contributed by atoms with E-state index in [0.717, 1.165) is 34.5 Å². The van der Waals surface area contributed by atoms with Gasteiger partial charge in [0.2, 0.25) is 0 Å². The van der Waals surface area contributed by atoms with Gasteiger partial charge in [-0.25, -0.2) is 0 Å². The number of hydrogen-bond acceptors (Lipinski definition) is 3. The van der Waals surface area contributed by atoms with Crippen molar-refractivity contribution in [3.63, 3.8) is 0 Å². The first-order valence-corrected chi connectivity index (χ1v) is 16.7. The summed E-state index contributed by atoms with van der Waals surface area (Å²) in [6.07, 6.45) is 2.37. The number of aromatic nitrogens is 3. The van der Waals surface area contributed by atoms with Crippen molar-refractivity contribution in [3.05, 3.63) is 162 Å². The van der Waals surface area contributed by atoms with Crippen molar-refractivity contribution >= 4 is 32.5 Å². The Kier molecular flexibility index (Phi) is 8.47. The third kappa shape index (κ3) is 7.65. The molecule has 8 aromatic rings. The second kappa shape index (κ2) is 15.3. The standard InChI is InChI=1S/C31H25N2S.C13H12N.Ir/c1-21(2)18-22-12-17-30-26(19-22)27(20-34-30)31-32-28-10-6-7-11-29(28)33(31)25-15-13-24(14-16-25)23-8-4-3-5-9-23;1-10-3-6-12(7-4-10)13-8-5-11(2)9-14-13;/h3-17,19,21H,18H2,1-2H3;3-6,8-9H,1-2H3;/q2*-1;/i;1D3,2D3;. The topological polar surface area (TPSA) is 30.7 Å². The van der Waals surface area contributed by atoms with Gasteiger partial charge in [-0.05, 0) is 65.8 Å². The Morgan fingerprint density at radius 2 is 1.55 bits per heavy atom. The normalized spacial score (nSPS) is 13.3. The van der Waals surface area contributed by atoms with Gasteiger partial charge < -0.3 is 9.55 Å². The molecule has 1 radical (unpaired) electrons. The fourth-order valence-corrected chi connectivity index (χ4v) is 6.63. The van der Waals surface area contributed by atoms with Gasteiger partial charge in [-0.3, -0.25) is 16.3 Å².